The number of halogens is 1. The number of hydrogen-bond donors (Lipinski definition) is 1. The Labute approximate surface area is 122 Å². The van der Waals surface area contributed by atoms with Crippen molar-refractivity contribution in [2.24, 2.45) is 5.92 Å². The summed E-state index contributed by atoms with van der Waals surface area (Å²) in [7, 11) is 0. The van der Waals surface area contributed by atoms with Gasteiger partial charge in [0.15, 0.2) is 11.5 Å². The third kappa shape index (κ3) is 3.23. The molecule has 0 bridgehead atoms. The fourth-order valence-electron chi connectivity index (χ4n) is 2.59. The Morgan fingerprint density at radius 1 is 1.21 bits per heavy atom. The van der Waals surface area contributed by atoms with Crippen LogP contribution < -0.4 is 14.8 Å². The van der Waals surface area contributed by atoms with E-state index in [0.717, 1.165) is 35.0 Å². The van der Waals surface area contributed by atoms with Gasteiger partial charge in [0, 0.05) is 6.54 Å². The van der Waals surface area contributed by atoms with Gasteiger partial charge in [-0.15, -0.1) is 0 Å². The first-order valence-corrected chi connectivity index (χ1v) is 7.91. The molecule has 1 N–H and O–H groups in total. The fraction of sp³-hybridized carbons (Fsp3) is 0.600. The van der Waals surface area contributed by atoms with Crippen LogP contribution in [-0.2, 0) is 6.54 Å². The maximum absolute atomic E-state index is 5.63. The minimum absolute atomic E-state index is 0.630. The lowest BCUT2D eigenvalue weighted by Gasteiger charge is -2.25. The van der Waals surface area contributed by atoms with Crippen LogP contribution in [0.25, 0.3) is 0 Å². The van der Waals surface area contributed by atoms with Crippen molar-refractivity contribution in [1.82, 2.24) is 5.32 Å². The van der Waals surface area contributed by atoms with Crippen molar-refractivity contribution < 1.29 is 9.47 Å². The number of ether oxygens (including phenoxy) is 2. The molecule has 0 unspecified atom stereocenters. The van der Waals surface area contributed by atoms with Gasteiger partial charge in [0.1, 0.15) is 13.2 Å². The van der Waals surface area contributed by atoms with Gasteiger partial charge in [0.05, 0.1) is 4.47 Å². The molecular formula is C15H20BrNO2. The molecule has 0 atom stereocenters. The Balaban J connectivity index is 1.53. The van der Waals surface area contributed by atoms with Crippen LogP contribution in [0.1, 0.15) is 31.2 Å². The normalized spacial score (nSPS) is 18.2. The Kier molecular flexibility index (Phi) is 4.28. The maximum atomic E-state index is 5.63. The second-order valence-electron chi connectivity index (χ2n) is 5.36. The number of nitrogens with one attached hydrogen (secondary N) is 1. The van der Waals surface area contributed by atoms with Crippen molar-refractivity contribution in [1.29, 1.82) is 0 Å². The highest BCUT2D eigenvalue weighted by molar-refractivity contribution is 9.10. The molecule has 4 heteroatoms. The Hall–Kier alpha value is -0.740. The van der Waals surface area contributed by atoms with Gasteiger partial charge in [-0.3, -0.25) is 0 Å². The summed E-state index contributed by atoms with van der Waals surface area (Å²) in [5.74, 6) is 2.67. The molecule has 0 aromatic heterocycles. The van der Waals surface area contributed by atoms with Gasteiger partial charge in [0.2, 0.25) is 0 Å². The second-order valence-corrected chi connectivity index (χ2v) is 6.22. The van der Waals surface area contributed by atoms with Gasteiger partial charge < -0.3 is 14.8 Å². The first kappa shape index (κ1) is 13.3. The summed E-state index contributed by atoms with van der Waals surface area (Å²) in [6.45, 7) is 3.27. The second kappa shape index (κ2) is 6.14. The Bertz CT molecular complexity index is 446. The molecule has 3 rings (SSSR count). The number of benzene rings is 1. The standard InChI is InChI=1S/C15H20BrNO2/c16-13-8-12(9-14-15(13)19-7-6-18-14)10-17-5-4-11-2-1-3-11/h8-9,11,17H,1-7,10H2. The van der Waals surface area contributed by atoms with Crippen LogP contribution in [0, 0.1) is 5.92 Å². The van der Waals surface area contributed by atoms with E-state index in [-0.39, 0.29) is 0 Å². The molecule has 0 spiro atoms. The zero-order valence-electron chi connectivity index (χ0n) is 11.1. The van der Waals surface area contributed by atoms with E-state index in [1.54, 1.807) is 0 Å². The number of rotatable bonds is 5. The topological polar surface area (TPSA) is 30.5 Å². The number of hydrogen-bond acceptors (Lipinski definition) is 3. The summed E-state index contributed by atoms with van der Waals surface area (Å²) in [6.07, 6.45) is 5.60. The lowest BCUT2D eigenvalue weighted by Crippen LogP contribution is -2.21. The molecule has 19 heavy (non-hydrogen) atoms. The van der Waals surface area contributed by atoms with Crippen molar-refractivity contribution in [3.05, 3.63) is 22.2 Å². The number of fused-ring (bicyclic) bond motifs is 1. The van der Waals surface area contributed by atoms with Gasteiger partial charge in [-0.25, -0.2) is 0 Å². The largest absolute Gasteiger partial charge is 0.486 e. The molecule has 1 aliphatic heterocycles. The van der Waals surface area contributed by atoms with Crippen LogP contribution in [0.4, 0.5) is 0 Å². The zero-order valence-corrected chi connectivity index (χ0v) is 12.7. The summed E-state index contributed by atoms with van der Waals surface area (Å²) in [6, 6.07) is 4.19. The highest BCUT2D eigenvalue weighted by Gasteiger charge is 2.17. The smallest absolute Gasteiger partial charge is 0.175 e. The van der Waals surface area contributed by atoms with E-state index in [2.05, 4.69) is 33.4 Å². The molecule has 0 amide bonds. The average molecular weight is 326 g/mol. The van der Waals surface area contributed by atoms with E-state index >= 15 is 0 Å². The third-order valence-corrected chi connectivity index (χ3v) is 4.53. The first-order valence-electron chi connectivity index (χ1n) is 7.11. The van der Waals surface area contributed by atoms with Gasteiger partial charge in [-0.05, 0) is 52.5 Å². The molecule has 1 heterocycles. The Morgan fingerprint density at radius 2 is 2.05 bits per heavy atom. The van der Waals surface area contributed by atoms with Crippen molar-refractivity contribution in [3.8, 4) is 11.5 Å². The molecule has 2 aliphatic rings. The molecule has 1 saturated carbocycles. The predicted molar refractivity (Wildman–Crippen MR) is 78.8 cm³/mol. The highest BCUT2D eigenvalue weighted by atomic mass is 79.9. The molecule has 1 aromatic rings. The average Bonchev–Trinajstić information content (AvgIpc) is 2.36. The van der Waals surface area contributed by atoms with Crippen LogP contribution in [0.5, 0.6) is 11.5 Å². The molecule has 1 aromatic carbocycles. The SMILES string of the molecule is Brc1cc(CNCCC2CCC2)cc2c1OCCO2. The van der Waals surface area contributed by atoms with E-state index < -0.39 is 0 Å². The zero-order chi connectivity index (χ0) is 13.1. The summed E-state index contributed by atoms with van der Waals surface area (Å²) < 4.78 is 12.2. The minimum Gasteiger partial charge on any atom is -0.486 e. The van der Waals surface area contributed by atoms with E-state index in [4.69, 9.17) is 9.47 Å². The van der Waals surface area contributed by atoms with Crippen molar-refractivity contribution >= 4 is 15.9 Å². The van der Waals surface area contributed by atoms with Crippen LogP contribution in [0.2, 0.25) is 0 Å². The van der Waals surface area contributed by atoms with Gasteiger partial charge in [-0.1, -0.05) is 19.3 Å². The summed E-state index contributed by atoms with van der Waals surface area (Å²) in [5, 5.41) is 3.52. The monoisotopic (exact) mass is 325 g/mol. The quantitative estimate of drug-likeness (QED) is 0.840. The predicted octanol–water partition coefficient (Wildman–Crippen LogP) is 3.50. The van der Waals surface area contributed by atoms with Gasteiger partial charge in [-0.2, -0.15) is 0 Å². The van der Waals surface area contributed by atoms with Crippen LogP contribution in [0.15, 0.2) is 16.6 Å². The van der Waals surface area contributed by atoms with Crippen LogP contribution in [0.3, 0.4) is 0 Å². The molecule has 104 valence electrons. The first-order chi connectivity index (χ1) is 9.33. The fourth-order valence-corrected chi connectivity index (χ4v) is 3.19. The van der Waals surface area contributed by atoms with E-state index in [0.29, 0.717) is 13.2 Å². The molecule has 3 nitrogen and oxygen atoms in total. The van der Waals surface area contributed by atoms with E-state index in [1.165, 1.54) is 31.2 Å². The van der Waals surface area contributed by atoms with Crippen LogP contribution in [-0.4, -0.2) is 19.8 Å². The van der Waals surface area contributed by atoms with Gasteiger partial charge >= 0.3 is 0 Å². The summed E-state index contributed by atoms with van der Waals surface area (Å²) in [4.78, 5) is 0. The molecule has 1 aliphatic carbocycles. The molecule has 0 radical (unpaired) electrons. The Morgan fingerprint density at radius 3 is 2.84 bits per heavy atom. The van der Waals surface area contributed by atoms with Gasteiger partial charge in [0.25, 0.3) is 0 Å². The highest BCUT2D eigenvalue weighted by Crippen LogP contribution is 2.38. The summed E-state index contributed by atoms with van der Waals surface area (Å²) in [5.41, 5.74) is 1.24. The lowest BCUT2D eigenvalue weighted by atomic mass is 9.83. The third-order valence-electron chi connectivity index (χ3n) is 3.94. The van der Waals surface area contributed by atoms with E-state index in [1.807, 2.05) is 0 Å². The van der Waals surface area contributed by atoms with Crippen molar-refractivity contribution in [2.75, 3.05) is 19.8 Å². The maximum Gasteiger partial charge on any atom is 0.175 e. The lowest BCUT2D eigenvalue weighted by molar-refractivity contribution is 0.170. The minimum atomic E-state index is 0.630. The molecule has 1 fully saturated rings. The van der Waals surface area contributed by atoms with Crippen LogP contribution >= 0.6 is 15.9 Å². The summed E-state index contributed by atoms with van der Waals surface area (Å²) >= 11 is 3.55. The molecular weight excluding hydrogens is 306 g/mol. The molecule has 0 saturated heterocycles. The van der Waals surface area contributed by atoms with Crippen molar-refractivity contribution in [3.63, 3.8) is 0 Å². The van der Waals surface area contributed by atoms with E-state index in [9.17, 15) is 0 Å². The van der Waals surface area contributed by atoms with Crippen molar-refractivity contribution in [2.45, 2.75) is 32.2 Å².